The van der Waals surface area contributed by atoms with Crippen LogP contribution in [0.25, 0.3) is 0 Å². The maximum Gasteiger partial charge on any atom is 0.274 e. The van der Waals surface area contributed by atoms with Crippen molar-refractivity contribution >= 4 is 17.7 Å². The number of aromatic nitrogens is 1. The molecule has 3 N–H and O–H groups in total. The van der Waals surface area contributed by atoms with Crippen LogP contribution in [0.15, 0.2) is 23.0 Å². The standard InChI is InChI=1S/C22H22F2N4O5/c1-3-27-9-13-7-15(26-10(2)29)17-16(19(30)20(31)18(22(27)33)28(13)17)21(32)25-8-11-4-5-12(23)6-14(11)24/h4-6,13,15,31H,3,7-9H2,1-2H3,(H,25,32)(H,26,29). The van der Waals surface area contributed by atoms with E-state index in [9.17, 15) is 33.1 Å². The molecule has 174 valence electrons. The second-order valence-electron chi connectivity index (χ2n) is 8.06. The Balaban J connectivity index is 1.80. The summed E-state index contributed by atoms with van der Waals surface area (Å²) >= 11 is 0. The van der Waals surface area contributed by atoms with Crippen molar-refractivity contribution in [3.8, 4) is 5.75 Å². The van der Waals surface area contributed by atoms with E-state index in [4.69, 9.17) is 0 Å². The molecule has 0 radical (unpaired) electrons. The molecule has 1 aromatic heterocycles. The highest BCUT2D eigenvalue weighted by atomic mass is 19.1. The van der Waals surface area contributed by atoms with Crippen LogP contribution < -0.4 is 16.1 Å². The van der Waals surface area contributed by atoms with E-state index in [1.165, 1.54) is 16.4 Å². The van der Waals surface area contributed by atoms with Gasteiger partial charge in [0.15, 0.2) is 11.4 Å². The first kappa shape index (κ1) is 22.4. The van der Waals surface area contributed by atoms with Crippen molar-refractivity contribution in [3.63, 3.8) is 0 Å². The summed E-state index contributed by atoms with van der Waals surface area (Å²) in [6, 6.07) is 1.76. The first-order valence-corrected chi connectivity index (χ1v) is 10.4. The van der Waals surface area contributed by atoms with Gasteiger partial charge in [-0.3, -0.25) is 19.2 Å². The highest BCUT2D eigenvalue weighted by Gasteiger charge is 2.45. The van der Waals surface area contributed by atoms with Gasteiger partial charge in [-0.05, 0) is 19.4 Å². The minimum atomic E-state index is -1.06. The minimum absolute atomic E-state index is 0.00601. The summed E-state index contributed by atoms with van der Waals surface area (Å²) in [6.07, 6.45) is 0.312. The fraction of sp³-hybridized carbons (Fsp3) is 0.364. The maximum absolute atomic E-state index is 14.0. The summed E-state index contributed by atoms with van der Waals surface area (Å²) in [5, 5.41) is 15.7. The molecule has 11 heteroatoms. The lowest BCUT2D eigenvalue weighted by atomic mass is 10.0. The highest BCUT2D eigenvalue weighted by molar-refractivity contribution is 6.00. The third-order valence-electron chi connectivity index (χ3n) is 5.99. The van der Waals surface area contributed by atoms with Crippen LogP contribution in [0.5, 0.6) is 5.75 Å². The van der Waals surface area contributed by atoms with Gasteiger partial charge in [-0.1, -0.05) is 6.07 Å². The number of hydrogen-bond acceptors (Lipinski definition) is 5. The third kappa shape index (κ3) is 3.73. The molecule has 2 aliphatic rings. The van der Waals surface area contributed by atoms with Gasteiger partial charge in [0.05, 0.1) is 17.8 Å². The van der Waals surface area contributed by atoms with Gasteiger partial charge >= 0.3 is 0 Å². The molecule has 0 saturated carbocycles. The maximum atomic E-state index is 14.0. The van der Waals surface area contributed by atoms with Gasteiger partial charge in [0.25, 0.3) is 11.8 Å². The van der Waals surface area contributed by atoms with Crippen LogP contribution in [0.4, 0.5) is 8.78 Å². The Morgan fingerprint density at radius 1 is 1.24 bits per heavy atom. The lowest BCUT2D eigenvalue weighted by molar-refractivity contribution is -0.119. The van der Waals surface area contributed by atoms with Crippen LogP contribution in [-0.4, -0.2) is 45.4 Å². The smallest absolute Gasteiger partial charge is 0.274 e. The number of nitrogens with one attached hydrogen (secondary N) is 2. The van der Waals surface area contributed by atoms with E-state index in [-0.39, 0.29) is 36.1 Å². The van der Waals surface area contributed by atoms with Crippen LogP contribution in [0.2, 0.25) is 0 Å². The molecule has 0 aliphatic carbocycles. The van der Waals surface area contributed by atoms with Crippen LogP contribution in [-0.2, 0) is 11.3 Å². The quantitative estimate of drug-likeness (QED) is 0.622. The topological polar surface area (TPSA) is 121 Å². The Bertz CT molecular complexity index is 1240. The molecule has 2 aliphatic heterocycles. The van der Waals surface area contributed by atoms with Gasteiger partial charge in [-0.2, -0.15) is 0 Å². The third-order valence-corrected chi connectivity index (χ3v) is 5.99. The largest absolute Gasteiger partial charge is 0.503 e. The molecule has 33 heavy (non-hydrogen) atoms. The summed E-state index contributed by atoms with van der Waals surface area (Å²) in [5.74, 6) is -4.35. The molecular formula is C22H22F2N4O5. The molecule has 3 heterocycles. The average molecular weight is 460 g/mol. The number of aromatic hydroxyl groups is 1. The molecule has 4 rings (SSSR count). The van der Waals surface area contributed by atoms with Crippen molar-refractivity contribution in [1.29, 1.82) is 0 Å². The number of carbonyl (C=O) groups excluding carboxylic acids is 3. The first-order valence-electron chi connectivity index (χ1n) is 10.4. The summed E-state index contributed by atoms with van der Waals surface area (Å²) < 4.78 is 28.6. The van der Waals surface area contributed by atoms with Crippen LogP contribution in [0, 0.1) is 11.6 Å². The molecular weight excluding hydrogens is 438 g/mol. The number of pyridine rings is 1. The molecule has 2 aromatic rings. The lowest BCUT2D eigenvalue weighted by Crippen LogP contribution is -2.44. The first-order chi connectivity index (χ1) is 15.6. The van der Waals surface area contributed by atoms with Crippen molar-refractivity contribution in [2.45, 2.75) is 38.9 Å². The van der Waals surface area contributed by atoms with Crippen molar-refractivity contribution in [2.75, 3.05) is 13.1 Å². The number of likely N-dealkylation sites (N-methyl/N-ethyl adjacent to an activating group) is 1. The summed E-state index contributed by atoms with van der Waals surface area (Å²) in [4.78, 5) is 52.3. The van der Waals surface area contributed by atoms with Crippen molar-refractivity contribution in [2.24, 2.45) is 0 Å². The highest BCUT2D eigenvalue weighted by Crippen LogP contribution is 2.42. The molecule has 9 nitrogen and oxygen atoms in total. The van der Waals surface area contributed by atoms with Gasteiger partial charge in [0.2, 0.25) is 11.3 Å². The van der Waals surface area contributed by atoms with E-state index in [0.29, 0.717) is 19.0 Å². The summed E-state index contributed by atoms with van der Waals surface area (Å²) in [6.45, 7) is 3.35. The van der Waals surface area contributed by atoms with Crippen molar-refractivity contribution in [1.82, 2.24) is 20.1 Å². The van der Waals surface area contributed by atoms with Crippen molar-refractivity contribution in [3.05, 3.63) is 62.6 Å². The van der Waals surface area contributed by atoms with Crippen LogP contribution >= 0.6 is 0 Å². The minimum Gasteiger partial charge on any atom is -0.503 e. The van der Waals surface area contributed by atoms with E-state index in [1.807, 2.05) is 0 Å². The number of benzene rings is 1. The zero-order chi connectivity index (χ0) is 24.0. The molecule has 0 saturated heterocycles. The average Bonchev–Trinajstić information content (AvgIpc) is 3.08. The van der Waals surface area contributed by atoms with E-state index < -0.39 is 52.1 Å². The zero-order valence-electron chi connectivity index (χ0n) is 17.9. The second-order valence-corrected chi connectivity index (χ2v) is 8.06. The summed E-state index contributed by atoms with van der Waals surface area (Å²) in [5.41, 5.74) is -1.60. The number of hydrogen-bond donors (Lipinski definition) is 3. The normalized spacial score (nSPS) is 18.8. The molecule has 2 unspecified atom stereocenters. The lowest BCUT2D eigenvalue weighted by Gasteiger charge is -2.33. The predicted molar refractivity (Wildman–Crippen MR) is 112 cm³/mol. The number of carbonyl (C=O) groups is 3. The van der Waals surface area contributed by atoms with Crippen molar-refractivity contribution < 1.29 is 28.3 Å². The molecule has 2 atom stereocenters. The van der Waals surface area contributed by atoms with Crippen LogP contribution in [0.3, 0.4) is 0 Å². The van der Waals surface area contributed by atoms with Gasteiger partial charge in [0, 0.05) is 38.2 Å². The van der Waals surface area contributed by atoms with E-state index >= 15 is 0 Å². The molecule has 1 aromatic carbocycles. The SMILES string of the molecule is CCN1CC2CC(NC(C)=O)c3c(C(=O)NCc4ccc(F)cc4F)c(=O)c(O)c(n32)C1=O. The fourth-order valence-electron chi connectivity index (χ4n) is 4.55. The number of rotatable bonds is 5. The predicted octanol–water partition coefficient (Wildman–Crippen LogP) is 1.36. The number of amides is 3. The zero-order valence-corrected chi connectivity index (χ0v) is 17.9. The Morgan fingerprint density at radius 3 is 2.61 bits per heavy atom. The van der Waals surface area contributed by atoms with Gasteiger partial charge in [-0.15, -0.1) is 0 Å². The van der Waals surface area contributed by atoms with E-state index in [1.54, 1.807) is 6.92 Å². The monoisotopic (exact) mass is 460 g/mol. The van der Waals surface area contributed by atoms with Gasteiger partial charge in [0.1, 0.15) is 17.2 Å². The Labute approximate surface area is 187 Å². The molecule has 0 bridgehead atoms. The van der Waals surface area contributed by atoms with Gasteiger partial charge in [-0.25, -0.2) is 8.78 Å². The summed E-state index contributed by atoms with van der Waals surface area (Å²) in [7, 11) is 0. The fourth-order valence-corrected chi connectivity index (χ4v) is 4.55. The molecule has 0 spiro atoms. The Kier molecular flexibility index (Phi) is 5.64. The van der Waals surface area contributed by atoms with Crippen LogP contribution in [0.1, 0.15) is 64.5 Å². The van der Waals surface area contributed by atoms with E-state index in [2.05, 4.69) is 10.6 Å². The van der Waals surface area contributed by atoms with E-state index in [0.717, 1.165) is 12.1 Å². The Morgan fingerprint density at radius 2 is 1.97 bits per heavy atom. The number of halogens is 2. The Hall–Kier alpha value is -3.76. The second kappa shape index (κ2) is 8.30. The molecule has 0 fully saturated rings. The molecule has 3 amide bonds. The number of nitrogens with zero attached hydrogens (tertiary/aromatic N) is 2. The van der Waals surface area contributed by atoms with Gasteiger partial charge < -0.3 is 25.2 Å².